The maximum absolute atomic E-state index is 12.2. The van der Waals surface area contributed by atoms with Crippen LogP contribution < -0.4 is 0 Å². The van der Waals surface area contributed by atoms with Crippen LogP contribution in [0.15, 0.2) is 22.8 Å². The molecule has 2 aliphatic heterocycles. The molecule has 0 N–H and O–H groups in total. The van der Waals surface area contributed by atoms with Crippen LogP contribution in [-0.4, -0.2) is 53.1 Å². The number of hydrogen-bond acceptors (Lipinski definition) is 4. The fourth-order valence-electron chi connectivity index (χ4n) is 2.69. The van der Waals surface area contributed by atoms with Crippen LogP contribution in [0.1, 0.15) is 23.4 Å². The summed E-state index contributed by atoms with van der Waals surface area (Å²) in [6.07, 6.45) is 2.95. The molecule has 3 rings (SSSR count). The molecule has 0 aliphatic carbocycles. The Morgan fingerprint density at radius 1 is 1.42 bits per heavy atom. The predicted molar refractivity (Wildman–Crippen MR) is 64.4 cm³/mol. The lowest BCUT2D eigenvalue weighted by Gasteiger charge is -2.35. The van der Waals surface area contributed by atoms with Gasteiger partial charge in [0, 0.05) is 6.54 Å². The molecule has 2 aliphatic rings. The number of hydrogen-bond donors (Lipinski definition) is 0. The third kappa shape index (κ3) is 2.03. The molecule has 0 unspecified atom stereocenters. The highest BCUT2D eigenvalue weighted by Gasteiger charge is 2.42. The minimum absolute atomic E-state index is 0.0121. The van der Waals surface area contributed by atoms with E-state index in [1.807, 2.05) is 0 Å². The zero-order valence-corrected chi connectivity index (χ0v) is 10.4. The van der Waals surface area contributed by atoms with Crippen molar-refractivity contribution in [2.24, 2.45) is 0 Å². The first-order valence-corrected chi connectivity index (χ1v) is 6.32. The van der Waals surface area contributed by atoms with Gasteiger partial charge in [0.25, 0.3) is 0 Å². The van der Waals surface area contributed by atoms with E-state index in [4.69, 9.17) is 4.42 Å². The molecule has 1 aromatic heterocycles. The van der Waals surface area contributed by atoms with Gasteiger partial charge in [0.05, 0.1) is 12.8 Å². The van der Waals surface area contributed by atoms with Crippen molar-refractivity contribution in [3.05, 3.63) is 24.2 Å². The number of piperazine rings is 1. The second kappa shape index (κ2) is 4.53. The standard InChI is InChI=1S/C13H14N2O4/c16-10(11-4-2-6-19-11)7-14-8-12(17)15-5-1-3-9(15)13(14)18/h2,4,6,9H,1,3,5,7-8H2/t9-/m1/s1. The molecule has 6 heteroatoms. The zero-order chi connectivity index (χ0) is 13.4. The van der Waals surface area contributed by atoms with Crippen LogP contribution in [0, 0.1) is 0 Å². The number of carbonyl (C=O) groups is 3. The molecule has 2 fully saturated rings. The summed E-state index contributed by atoms with van der Waals surface area (Å²) in [7, 11) is 0. The van der Waals surface area contributed by atoms with E-state index in [-0.39, 0.29) is 42.5 Å². The molecule has 0 aromatic carbocycles. The summed E-state index contributed by atoms with van der Waals surface area (Å²) in [6, 6.07) is 2.81. The normalized spacial score (nSPS) is 22.8. The Kier molecular flexibility index (Phi) is 2.85. The van der Waals surface area contributed by atoms with Crippen molar-refractivity contribution in [2.75, 3.05) is 19.6 Å². The van der Waals surface area contributed by atoms with Gasteiger partial charge in [-0.3, -0.25) is 14.4 Å². The molecule has 100 valence electrons. The van der Waals surface area contributed by atoms with Crippen molar-refractivity contribution >= 4 is 17.6 Å². The highest BCUT2D eigenvalue weighted by molar-refractivity contribution is 6.01. The minimum atomic E-state index is -0.370. The first-order valence-electron chi connectivity index (χ1n) is 6.32. The maximum atomic E-state index is 12.2. The molecule has 1 aromatic rings. The fourth-order valence-corrected chi connectivity index (χ4v) is 2.69. The third-order valence-corrected chi connectivity index (χ3v) is 3.63. The van der Waals surface area contributed by atoms with Crippen LogP contribution in [0.2, 0.25) is 0 Å². The summed E-state index contributed by atoms with van der Waals surface area (Å²) in [4.78, 5) is 39.0. The monoisotopic (exact) mass is 262 g/mol. The van der Waals surface area contributed by atoms with Crippen LogP contribution in [0.25, 0.3) is 0 Å². The molecular weight excluding hydrogens is 248 g/mol. The van der Waals surface area contributed by atoms with Crippen molar-refractivity contribution in [1.82, 2.24) is 9.80 Å². The number of fused-ring (bicyclic) bond motifs is 1. The summed E-state index contributed by atoms with van der Waals surface area (Å²) in [5, 5.41) is 0. The van der Waals surface area contributed by atoms with Crippen LogP contribution in [0.4, 0.5) is 0 Å². The second-order valence-electron chi connectivity index (χ2n) is 4.84. The molecule has 0 spiro atoms. The van der Waals surface area contributed by atoms with E-state index < -0.39 is 0 Å². The van der Waals surface area contributed by atoms with E-state index >= 15 is 0 Å². The number of nitrogens with zero attached hydrogens (tertiary/aromatic N) is 2. The predicted octanol–water partition coefficient (Wildman–Crippen LogP) is 0.295. The Hall–Kier alpha value is -2.11. The van der Waals surface area contributed by atoms with Crippen LogP contribution in [0.3, 0.4) is 0 Å². The van der Waals surface area contributed by atoms with E-state index in [0.29, 0.717) is 13.0 Å². The van der Waals surface area contributed by atoms with Crippen molar-refractivity contribution in [3.8, 4) is 0 Å². The molecule has 2 amide bonds. The van der Waals surface area contributed by atoms with Gasteiger partial charge in [-0.05, 0) is 25.0 Å². The van der Waals surface area contributed by atoms with Crippen molar-refractivity contribution in [2.45, 2.75) is 18.9 Å². The Bertz CT molecular complexity index is 523. The van der Waals surface area contributed by atoms with Crippen LogP contribution in [-0.2, 0) is 9.59 Å². The van der Waals surface area contributed by atoms with Crippen molar-refractivity contribution in [1.29, 1.82) is 0 Å². The van der Waals surface area contributed by atoms with Gasteiger partial charge in [-0.25, -0.2) is 0 Å². The summed E-state index contributed by atoms with van der Waals surface area (Å²) in [6.45, 7) is 0.541. The number of carbonyl (C=O) groups excluding carboxylic acids is 3. The molecule has 6 nitrogen and oxygen atoms in total. The lowest BCUT2D eigenvalue weighted by molar-refractivity contribution is -0.152. The lowest BCUT2D eigenvalue weighted by Crippen LogP contribution is -2.58. The quantitative estimate of drug-likeness (QED) is 0.734. The SMILES string of the molecule is O=C(CN1CC(=O)N2CCC[C@@H]2C1=O)c1ccco1. The van der Waals surface area contributed by atoms with E-state index in [1.54, 1.807) is 17.0 Å². The highest BCUT2D eigenvalue weighted by Crippen LogP contribution is 2.23. The third-order valence-electron chi connectivity index (χ3n) is 3.63. The lowest BCUT2D eigenvalue weighted by atomic mass is 10.1. The topological polar surface area (TPSA) is 70.8 Å². The van der Waals surface area contributed by atoms with Gasteiger partial charge in [-0.2, -0.15) is 0 Å². The van der Waals surface area contributed by atoms with Gasteiger partial charge < -0.3 is 14.2 Å². The average molecular weight is 262 g/mol. The fraction of sp³-hybridized carbons (Fsp3) is 0.462. The number of rotatable bonds is 3. The molecule has 3 heterocycles. The molecule has 1 atom stereocenters. The largest absolute Gasteiger partial charge is 0.461 e. The van der Waals surface area contributed by atoms with E-state index in [2.05, 4.69) is 0 Å². The van der Waals surface area contributed by atoms with Crippen molar-refractivity contribution < 1.29 is 18.8 Å². The molecule has 2 saturated heterocycles. The van der Waals surface area contributed by atoms with E-state index in [0.717, 1.165) is 6.42 Å². The molecule has 0 radical (unpaired) electrons. The summed E-state index contributed by atoms with van der Waals surface area (Å²) < 4.78 is 5.00. The molecular formula is C13H14N2O4. The number of Topliss-reactive ketones (excluding diaryl/α,β-unsaturated/α-hetero) is 1. The Labute approximate surface area is 110 Å². The van der Waals surface area contributed by atoms with Crippen LogP contribution >= 0.6 is 0 Å². The summed E-state index contributed by atoms with van der Waals surface area (Å²) >= 11 is 0. The first-order chi connectivity index (χ1) is 9.16. The molecule has 0 bridgehead atoms. The Morgan fingerprint density at radius 3 is 3.00 bits per heavy atom. The van der Waals surface area contributed by atoms with E-state index in [9.17, 15) is 14.4 Å². The number of furan rings is 1. The summed E-state index contributed by atoms with van der Waals surface area (Å²) in [5.41, 5.74) is 0. The molecule has 19 heavy (non-hydrogen) atoms. The summed E-state index contributed by atoms with van der Waals surface area (Å²) in [5.74, 6) is -0.266. The number of ketones is 1. The Balaban J connectivity index is 1.73. The first kappa shape index (κ1) is 12.0. The van der Waals surface area contributed by atoms with Gasteiger partial charge >= 0.3 is 0 Å². The second-order valence-corrected chi connectivity index (χ2v) is 4.84. The maximum Gasteiger partial charge on any atom is 0.246 e. The zero-order valence-electron chi connectivity index (χ0n) is 10.4. The number of amides is 2. The Morgan fingerprint density at radius 2 is 2.26 bits per heavy atom. The molecule has 0 saturated carbocycles. The van der Waals surface area contributed by atoms with Gasteiger partial charge in [0.2, 0.25) is 17.6 Å². The van der Waals surface area contributed by atoms with Gasteiger partial charge in [-0.15, -0.1) is 0 Å². The van der Waals surface area contributed by atoms with E-state index in [1.165, 1.54) is 11.2 Å². The smallest absolute Gasteiger partial charge is 0.246 e. The average Bonchev–Trinajstić information content (AvgIpc) is 3.05. The van der Waals surface area contributed by atoms with Gasteiger partial charge in [0.1, 0.15) is 12.6 Å². The van der Waals surface area contributed by atoms with Crippen molar-refractivity contribution in [3.63, 3.8) is 0 Å². The minimum Gasteiger partial charge on any atom is -0.461 e. The van der Waals surface area contributed by atoms with Gasteiger partial charge in [0.15, 0.2) is 5.76 Å². The highest BCUT2D eigenvalue weighted by atomic mass is 16.3. The van der Waals surface area contributed by atoms with Gasteiger partial charge in [-0.1, -0.05) is 0 Å². The van der Waals surface area contributed by atoms with Crippen LogP contribution in [0.5, 0.6) is 0 Å².